The molecule has 1 aliphatic carbocycles. The highest BCUT2D eigenvalue weighted by atomic mass is 16.5. The van der Waals surface area contributed by atoms with Crippen LogP contribution in [0.4, 0.5) is 5.69 Å². The molecule has 26 heavy (non-hydrogen) atoms. The Labute approximate surface area is 157 Å². The van der Waals surface area contributed by atoms with E-state index in [1.165, 1.54) is 44.2 Å². The lowest BCUT2D eigenvalue weighted by molar-refractivity contribution is -0.122. The van der Waals surface area contributed by atoms with Crippen LogP contribution >= 0.6 is 0 Å². The number of nitrogens with one attached hydrogen (secondary N) is 1. The molecular weight excluding hydrogens is 324 g/mol. The maximum Gasteiger partial charge on any atom is 0.227 e. The number of amides is 1. The molecule has 1 unspecified atom stereocenters. The first-order chi connectivity index (χ1) is 12.7. The van der Waals surface area contributed by atoms with Crippen molar-refractivity contribution in [1.82, 2.24) is 4.90 Å². The summed E-state index contributed by atoms with van der Waals surface area (Å²) in [6, 6.07) is 10.1. The molecule has 3 fully saturated rings. The predicted molar refractivity (Wildman–Crippen MR) is 104 cm³/mol. The molecule has 1 N–H and O–H groups in total. The molecule has 3 atom stereocenters. The summed E-state index contributed by atoms with van der Waals surface area (Å²) in [5, 5.41) is 3.09. The largest absolute Gasteiger partial charge is 0.381 e. The standard InChI is InChI=1S/C22H32N2O2/c1-16-3-2-12-24(16)21-9-6-19(15-21)17-4-7-20(8-5-17)23-22(25)18-10-13-26-14-11-18/h4-5,7-8,16,18-19,21H,2-3,6,9-15H2,1H3,(H,23,25)/t16-,19?,21-/m0/s1. The molecule has 1 aromatic rings. The van der Waals surface area contributed by atoms with Crippen LogP contribution in [0, 0.1) is 5.92 Å². The van der Waals surface area contributed by atoms with Gasteiger partial charge in [0.2, 0.25) is 5.91 Å². The summed E-state index contributed by atoms with van der Waals surface area (Å²) in [6.07, 6.45) is 8.31. The average molecular weight is 357 g/mol. The number of nitrogens with zero attached hydrogens (tertiary/aromatic N) is 1. The van der Waals surface area contributed by atoms with Gasteiger partial charge in [-0.3, -0.25) is 9.69 Å². The Morgan fingerprint density at radius 1 is 1.08 bits per heavy atom. The van der Waals surface area contributed by atoms with E-state index in [4.69, 9.17) is 4.74 Å². The van der Waals surface area contributed by atoms with Crippen molar-refractivity contribution < 1.29 is 9.53 Å². The summed E-state index contributed by atoms with van der Waals surface area (Å²) in [5.41, 5.74) is 2.36. The van der Waals surface area contributed by atoms with E-state index in [9.17, 15) is 4.79 Å². The number of rotatable bonds is 4. The van der Waals surface area contributed by atoms with Crippen molar-refractivity contribution in [1.29, 1.82) is 0 Å². The zero-order chi connectivity index (χ0) is 17.9. The molecule has 0 bridgehead atoms. The van der Waals surface area contributed by atoms with Crippen LogP contribution < -0.4 is 5.32 Å². The molecule has 0 spiro atoms. The van der Waals surface area contributed by atoms with Crippen LogP contribution in [0.3, 0.4) is 0 Å². The number of benzene rings is 1. The minimum absolute atomic E-state index is 0.0986. The van der Waals surface area contributed by atoms with Gasteiger partial charge in [-0.05, 0) is 82.0 Å². The Morgan fingerprint density at radius 3 is 2.54 bits per heavy atom. The van der Waals surface area contributed by atoms with Gasteiger partial charge in [0.25, 0.3) is 0 Å². The average Bonchev–Trinajstić information content (AvgIpc) is 3.32. The molecule has 2 aliphatic heterocycles. The maximum absolute atomic E-state index is 12.4. The third kappa shape index (κ3) is 3.96. The summed E-state index contributed by atoms with van der Waals surface area (Å²) in [5.74, 6) is 0.916. The Hall–Kier alpha value is -1.39. The van der Waals surface area contributed by atoms with Crippen LogP contribution in [0.1, 0.15) is 63.4 Å². The van der Waals surface area contributed by atoms with Gasteiger partial charge in [-0.15, -0.1) is 0 Å². The van der Waals surface area contributed by atoms with E-state index in [1.807, 2.05) is 0 Å². The number of hydrogen-bond acceptors (Lipinski definition) is 3. The predicted octanol–water partition coefficient (Wildman–Crippen LogP) is 4.17. The van der Waals surface area contributed by atoms with E-state index in [1.54, 1.807) is 0 Å². The van der Waals surface area contributed by atoms with E-state index in [-0.39, 0.29) is 11.8 Å². The van der Waals surface area contributed by atoms with Gasteiger partial charge in [0.1, 0.15) is 0 Å². The molecule has 4 rings (SSSR count). The quantitative estimate of drug-likeness (QED) is 0.880. The van der Waals surface area contributed by atoms with Gasteiger partial charge in [0.15, 0.2) is 0 Å². The maximum atomic E-state index is 12.4. The first-order valence-corrected chi connectivity index (χ1v) is 10.4. The van der Waals surface area contributed by atoms with Gasteiger partial charge in [-0.25, -0.2) is 0 Å². The molecule has 142 valence electrons. The van der Waals surface area contributed by atoms with Gasteiger partial charge in [0, 0.05) is 36.9 Å². The van der Waals surface area contributed by atoms with Crippen LogP contribution in [0.25, 0.3) is 0 Å². The van der Waals surface area contributed by atoms with Crippen LogP contribution in [0.15, 0.2) is 24.3 Å². The Morgan fingerprint density at radius 2 is 1.85 bits per heavy atom. The minimum Gasteiger partial charge on any atom is -0.381 e. The fourth-order valence-electron chi connectivity index (χ4n) is 5.10. The summed E-state index contributed by atoms with van der Waals surface area (Å²) < 4.78 is 5.34. The summed E-state index contributed by atoms with van der Waals surface area (Å²) in [7, 11) is 0. The van der Waals surface area contributed by atoms with Crippen molar-refractivity contribution >= 4 is 11.6 Å². The van der Waals surface area contributed by atoms with Gasteiger partial charge in [-0.2, -0.15) is 0 Å². The van der Waals surface area contributed by atoms with Crippen molar-refractivity contribution in [2.75, 3.05) is 25.1 Å². The molecule has 0 aromatic heterocycles. The lowest BCUT2D eigenvalue weighted by Crippen LogP contribution is -2.35. The number of carbonyl (C=O) groups is 1. The van der Waals surface area contributed by atoms with E-state index < -0.39 is 0 Å². The van der Waals surface area contributed by atoms with Crippen molar-refractivity contribution in [2.24, 2.45) is 5.92 Å². The molecule has 3 aliphatic rings. The zero-order valence-electron chi connectivity index (χ0n) is 16.0. The second-order valence-corrected chi connectivity index (χ2v) is 8.39. The summed E-state index contributed by atoms with van der Waals surface area (Å²) in [6.45, 7) is 5.08. The highest BCUT2D eigenvalue weighted by molar-refractivity contribution is 5.92. The number of carbonyl (C=O) groups excluding carboxylic acids is 1. The summed E-state index contributed by atoms with van der Waals surface area (Å²) >= 11 is 0. The van der Waals surface area contributed by atoms with Crippen molar-refractivity contribution in [3.8, 4) is 0 Å². The van der Waals surface area contributed by atoms with Crippen LogP contribution in [0.5, 0.6) is 0 Å². The van der Waals surface area contributed by atoms with E-state index in [0.717, 1.165) is 30.6 Å². The van der Waals surface area contributed by atoms with Crippen LogP contribution in [-0.2, 0) is 9.53 Å². The summed E-state index contributed by atoms with van der Waals surface area (Å²) in [4.78, 5) is 15.1. The lowest BCUT2D eigenvalue weighted by atomic mass is 9.96. The van der Waals surface area contributed by atoms with E-state index in [0.29, 0.717) is 19.1 Å². The van der Waals surface area contributed by atoms with Gasteiger partial charge in [0.05, 0.1) is 0 Å². The lowest BCUT2D eigenvalue weighted by Gasteiger charge is -2.28. The Kier molecular flexibility index (Phi) is 5.60. The molecule has 4 nitrogen and oxygen atoms in total. The molecule has 0 radical (unpaired) electrons. The highest BCUT2D eigenvalue weighted by Crippen LogP contribution is 2.39. The SMILES string of the molecule is C[C@H]1CCCN1[C@H]1CCC(c2ccc(NC(=O)C3CCOCC3)cc2)C1. The molecule has 1 aromatic carbocycles. The number of hydrogen-bond donors (Lipinski definition) is 1. The topological polar surface area (TPSA) is 41.6 Å². The monoisotopic (exact) mass is 356 g/mol. The fraction of sp³-hybridized carbons (Fsp3) is 0.682. The highest BCUT2D eigenvalue weighted by Gasteiger charge is 2.34. The normalized spacial score (nSPS) is 30.6. The van der Waals surface area contributed by atoms with Crippen molar-refractivity contribution in [3.63, 3.8) is 0 Å². The minimum atomic E-state index is 0.0986. The van der Waals surface area contributed by atoms with Crippen molar-refractivity contribution in [3.05, 3.63) is 29.8 Å². The van der Waals surface area contributed by atoms with Gasteiger partial charge < -0.3 is 10.1 Å². The smallest absolute Gasteiger partial charge is 0.227 e. The molecule has 1 amide bonds. The second kappa shape index (κ2) is 8.10. The van der Waals surface area contributed by atoms with E-state index in [2.05, 4.69) is 41.4 Å². The molecule has 4 heteroatoms. The number of anilines is 1. The van der Waals surface area contributed by atoms with Gasteiger partial charge in [-0.1, -0.05) is 12.1 Å². The van der Waals surface area contributed by atoms with Crippen LogP contribution in [0.2, 0.25) is 0 Å². The fourth-order valence-corrected chi connectivity index (χ4v) is 5.10. The third-order valence-electron chi connectivity index (χ3n) is 6.72. The van der Waals surface area contributed by atoms with Gasteiger partial charge >= 0.3 is 0 Å². The van der Waals surface area contributed by atoms with Crippen LogP contribution in [-0.4, -0.2) is 42.6 Å². The third-order valence-corrected chi connectivity index (χ3v) is 6.72. The van der Waals surface area contributed by atoms with Crippen molar-refractivity contribution in [2.45, 2.75) is 69.9 Å². The Bertz CT molecular complexity index is 609. The molecule has 1 saturated carbocycles. The second-order valence-electron chi connectivity index (χ2n) is 8.39. The zero-order valence-corrected chi connectivity index (χ0v) is 16.0. The Balaban J connectivity index is 1.32. The molecule has 2 heterocycles. The first kappa shape index (κ1) is 18.0. The molecule has 2 saturated heterocycles. The first-order valence-electron chi connectivity index (χ1n) is 10.4. The molecular formula is C22H32N2O2. The number of ether oxygens (including phenoxy) is 1. The number of likely N-dealkylation sites (tertiary alicyclic amines) is 1. The van der Waals surface area contributed by atoms with E-state index >= 15 is 0 Å².